The monoisotopic (exact) mass is 792 g/mol. The molecule has 9 aromatic carbocycles. The summed E-state index contributed by atoms with van der Waals surface area (Å²) >= 11 is 0. The largest absolute Gasteiger partial charge is 0.455 e. The lowest BCUT2D eigenvalue weighted by molar-refractivity contribution is 0.669. The van der Waals surface area contributed by atoms with E-state index in [-0.39, 0.29) is 0 Å². The van der Waals surface area contributed by atoms with Crippen LogP contribution in [0.1, 0.15) is 0 Å². The van der Waals surface area contributed by atoms with Gasteiger partial charge in [-0.2, -0.15) is 0 Å². The van der Waals surface area contributed by atoms with Crippen LogP contribution < -0.4 is 0 Å². The Hall–Kier alpha value is -8.34. The summed E-state index contributed by atoms with van der Waals surface area (Å²) in [7, 11) is 0. The van der Waals surface area contributed by atoms with Crippen LogP contribution in [0.3, 0.4) is 0 Å². The van der Waals surface area contributed by atoms with Gasteiger partial charge >= 0.3 is 0 Å². The zero-order chi connectivity index (χ0) is 41.0. The van der Waals surface area contributed by atoms with Gasteiger partial charge in [-0.3, -0.25) is 0 Å². The molecule has 12 aromatic rings. The molecule has 0 spiro atoms. The van der Waals surface area contributed by atoms with Crippen molar-refractivity contribution >= 4 is 43.9 Å². The predicted octanol–water partition coefficient (Wildman–Crippen LogP) is 15.9. The minimum atomic E-state index is 0.591. The molecule has 0 radical (unpaired) electrons. The minimum Gasteiger partial charge on any atom is -0.455 e. The van der Waals surface area contributed by atoms with E-state index in [2.05, 4.69) is 194 Å². The summed E-state index contributed by atoms with van der Waals surface area (Å²) < 4.78 is 13.3. The molecule has 0 fully saturated rings. The molecule has 4 heteroatoms. The first-order chi connectivity index (χ1) is 30.8. The van der Waals surface area contributed by atoms with Crippen molar-refractivity contribution in [1.82, 2.24) is 9.97 Å². The summed E-state index contributed by atoms with van der Waals surface area (Å²) in [6.45, 7) is 0. The van der Waals surface area contributed by atoms with E-state index in [0.717, 1.165) is 116 Å². The normalized spacial score (nSPS) is 11.5. The van der Waals surface area contributed by atoms with E-state index in [9.17, 15) is 0 Å². The summed E-state index contributed by atoms with van der Waals surface area (Å²) in [5.41, 5.74) is 16.2. The molecular formula is C58H36N2O2. The first-order valence-electron chi connectivity index (χ1n) is 20.9. The fourth-order valence-electron chi connectivity index (χ4n) is 9.14. The molecule has 0 bridgehead atoms. The second-order valence-electron chi connectivity index (χ2n) is 15.6. The number of aromatic nitrogens is 2. The maximum Gasteiger partial charge on any atom is 0.161 e. The van der Waals surface area contributed by atoms with Crippen molar-refractivity contribution in [2.75, 3.05) is 0 Å². The van der Waals surface area contributed by atoms with Gasteiger partial charge in [-0.25, -0.2) is 9.97 Å². The van der Waals surface area contributed by atoms with Crippen LogP contribution in [-0.4, -0.2) is 9.97 Å². The molecule has 0 N–H and O–H groups in total. The van der Waals surface area contributed by atoms with Crippen LogP contribution in [-0.2, 0) is 0 Å². The molecule has 0 unspecified atom stereocenters. The van der Waals surface area contributed by atoms with Crippen LogP contribution in [0.5, 0.6) is 0 Å². The molecule has 0 saturated heterocycles. The number of rotatable bonds is 7. The van der Waals surface area contributed by atoms with Crippen LogP contribution in [0.4, 0.5) is 0 Å². The van der Waals surface area contributed by atoms with Crippen LogP contribution >= 0.6 is 0 Å². The highest BCUT2D eigenvalue weighted by Gasteiger charge is 2.25. The van der Waals surface area contributed by atoms with Crippen molar-refractivity contribution in [1.29, 1.82) is 0 Å². The molecule has 0 aliphatic rings. The van der Waals surface area contributed by atoms with Gasteiger partial charge in [0.1, 0.15) is 22.3 Å². The average Bonchev–Trinajstić information content (AvgIpc) is 3.93. The highest BCUT2D eigenvalue weighted by atomic mass is 16.3. The molecule has 62 heavy (non-hydrogen) atoms. The van der Waals surface area contributed by atoms with Crippen LogP contribution in [0, 0.1) is 0 Å². The summed E-state index contributed by atoms with van der Waals surface area (Å²) in [6, 6.07) is 76.2. The lowest BCUT2D eigenvalue weighted by atomic mass is 9.82. The van der Waals surface area contributed by atoms with Gasteiger partial charge < -0.3 is 8.83 Å². The fourth-order valence-corrected chi connectivity index (χ4v) is 9.14. The van der Waals surface area contributed by atoms with Crippen molar-refractivity contribution in [2.45, 2.75) is 0 Å². The Balaban J connectivity index is 1.21. The highest BCUT2D eigenvalue weighted by molar-refractivity contribution is 6.11. The molecule has 0 aliphatic heterocycles. The number of furan rings is 2. The molecule has 12 rings (SSSR count). The number of benzene rings is 9. The minimum absolute atomic E-state index is 0.591. The Morgan fingerprint density at radius 3 is 1.26 bits per heavy atom. The molecule has 290 valence electrons. The maximum atomic E-state index is 6.66. The zero-order valence-corrected chi connectivity index (χ0v) is 33.5. The standard InChI is InChI=1S/C58H36N2O2/c1-4-18-37(19-5-1)40-24-10-11-27-44(40)55-49(35-34-41(38-20-6-2-7-21-38)54(55)39-22-8-3-9-23-39)58-59-50(47-30-16-28-45-42-25-12-14-32-52(42)61-56(45)47)36-51(60-58)48-31-17-29-46-43-26-13-15-33-53(43)62-57(46)48/h1-36H. The smallest absolute Gasteiger partial charge is 0.161 e. The van der Waals surface area contributed by atoms with Gasteiger partial charge in [0, 0.05) is 43.8 Å². The van der Waals surface area contributed by atoms with Gasteiger partial charge in [0.2, 0.25) is 0 Å². The van der Waals surface area contributed by atoms with Gasteiger partial charge in [-0.1, -0.05) is 182 Å². The van der Waals surface area contributed by atoms with Crippen molar-refractivity contribution in [3.8, 4) is 78.4 Å². The number of para-hydroxylation sites is 4. The van der Waals surface area contributed by atoms with E-state index in [0.29, 0.717) is 5.82 Å². The van der Waals surface area contributed by atoms with E-state index in [1.807, 2.05) is 24.3 Å². The lowest BCUT2D eigenvalue weighted by Crippen LogP contribution is -2.01. The Morgan fingerprint density at radius 2 is 0.694 bits per heavy atom. The Morgan fingerprint density at radius 1 is 0.274 bits per heavy atom. The van der Waals surface area contributed by atoms with Crippen molar-refractivity contribution in [3.05, 3.63) is 218 Å². The molecule has 0 amide bonds. The SMILES string of the molecule is c1ccc(-c2ccccc2-c2c(-c3nc(-c4cccc5c4oc4ccccc45)cc(-c4cccc5c4oc4ccccc45)n3)ccc(-c3ccccc3)c2-c2ccccc2)cc1. The van der Waals surface area contributed by atoms with Gasteiger partial charge in [-0.05, 0) is 75.3 Å². The summed E-state index contributed by atoms with van der Waals surface area (Å²) in [4.78, 5) is 11.1. The third kappa shape index (κ3) is 5.92. The molecule has 0 aliphatic carbocycles. The number of nitrogens with zero attached hydrogens (tertiary/aromatic N) is 2. The van der Waals surface area contributed by atoms with E-state index < -0.39 is 0 Å². The molecule has 3 heterocycles. The third-order valence-corrected chi connectivity index (χ3v) is 12.0. The van der Waals surface area contributed by atoms with E-state index in [4.69, 9.17) is 18.8 Å². The van der Waals surface area contributed by atoms with Gasteiger partial charge in [0.25, 0.3) is 0 Å². The summed E-state index contributed by atoms with van der Waals surface area (Å²) in [6.07, 6.45) is 0. The highest BCUT2D eigenvalue weighted by Crippen LogP contribution is 2.49. The van der Waals surface area contributed by atoms with Crippen molar-refractivity contribution in [3.63, 3.8) is 0 Å². The Kier molecular flexibility index (Phi) is 8.46. The van der Waals surface area contributed by atoms with Crippen molar-refractivity contribution in [2.24, 2.45) is 0 Å². The second-order valence-corrected chi connectivity index (χ2v) is 15.6. The van der Waals surface area contributed by atoms with E-state index in [1.165, 1.54) is 0 Å². The van der Waals surface area contributed by atoms with Crippen LogP contribution in [0.2, 0.25) is 0 Å². The van der Waals surface area contributed by atoms with Gasteiger partial charge in [0.15, 0.2) is 5.82 Å². The molecule has 3 aromatic heterocycles. The molecule has 0 atom stereocenters. The second kappa shape index (κ2) is 14.7. The molecular weight excluding hydrogens is 757 g/mol. The summed E-state index contributed by atoms with van der Waals surface area (Å²) in [5.74, 6) is 0.591. The first kappa shape index (κ1) is 35.6. The topological polar surface area (TPSA) is 52.1 Å². The summed E-state index contributed by atoms with van der Waals surface area (Å²) in [5, 5.41) is 4.20. The third-order valence-electron chi connectivity index (χ3n) is 12.0. The average molecular weight is 793 g/mol. The molecule has 0 saturated carbocycles. The quantitative estimate of drug-likeness (QED) is 0.161. The van der Waals surface area contributed by atoms with E-state index in [1.54, 1.807) is 0 Å². The van der Waals surface area contributed by atoms with Gasteiger partial charge in [0.05, 0.1) is 11.4 Å². The first-order valence-corrected chi connectivity index (χ1v) is 20.9. The maximum absolute atomic E-state index is 6.66. The van der Waals surface area contributed by atoms with Crippen LogP contribution in [0.25, 0.3) is 122 Å². The zero-order valence-electron chi connectivity index (χ0n) is 33.5. The van der Waals surface area contributed by atoms with Crippen LogP contribution in [0.15, 0.2) is 227 Å². The Bertz CT molecular complexity index is 3490. The molecule has 4 nitrogen and oxygen atoms in total. The number of hydrogen-bond acceptors (Lipinski definition) is 4. The van der Waals surface area contributed by atoms with Crippen molar-refractivity contribution < 1.29 is 8.83 Å². The number of hydrogen-bond donors (Lipinski definition) is 0. The lowest BCUT2D eigenvalue weighted by Gasteiger charge is -2.22. The Labute approximate surface area is 358 Å². The van der Waals surface area contributed by atoms with Gasteiger partial charge in [-0.15, -0.1) is 0 Å². The van der Waals surface area contributed by atoms with E-state index >= 15 is 0 Å². The fraction of sp³-hybridized carbons (Fsp3) is 0. The number of fused-ring (bicyclic) bond motifs is 6. The predicted molar refractivity (Wildman–Crippen MR) is 255 cm³/mol.